The van der Waals surface area contributed by atoms with Crippen LogP contribution >= 0.6 is 0 Å². The van der Waals surface area contributed by atoms with Crippen LogP contribution in [0.2, 0.25) is 0 Å². The Bertz CT molecular complexity index is 545. The summed E-state index contributed by atoms with van der Waals surface area (Å²) in [5, 5.41) is 3.04. The van der Waals surface area contributed by atoms with Crippen molar-refractivity contribution in [1.82, 2.24) is 5.32 Å². The van der Waals surface area contributed by atoms with E-state index < -0.39 is 14.6 Å². The van der Waals surface area contributed by atoms with Crippen LogP contribution in [0.15, 0.2) is 23.1 Å². The quantitative estimate of drug-likeness (QED) is 0.910. The molecule has 0 spiro atoms. The summed E-state index contributed by atoms with van der Waals surface area (Å²) in [4.78, 5) is 0.503. The zero-order valence-corrected chi connectivity index (χ0v) is 12.1. The molecule has 1 aliphatic rings. The smallest absolute Gasteiger partial charge is 0.185 e. The average Bonchev–Trinajstić information content (AvgIpc) is 2.22. The van der Waals surface area contributed by atoms with Gasteiger partial charge in [0.25, 0.3) is 0 Å². The molecule has 100 valence electrons. The molecule has 0 saturated heterocycles. The van der Waals surface area contributed by atoms with Crippen molar-refractivity contribution in [2.75, 3.05) is 13.6 Å². The third-order valence-corrected chi connectivity index (χ3v) is 6.68. The van der Waals surface area contributed by atoms with E-state index >= 15 is 0 Å². The number of aryl methyl sites for hydroxylation is 2. The second-order valence-corrected chi connectivity index (χ2v) is 7.65. The number of hydrogen-bond acceptors (Lipinski definition) is 3. The minimum atomic E-state index is -3.24. The fourth-order valence-electron chi connectivity index (χ4n) is 2.77. The molecule has 0 heterocycles. The molecule has 1 aromatic rings. The number of sulfone groups is 1. The Balaban J connectivity index is 2.47. The Morgan fingerprint density at radius 2 is 1.94 bits per heavy atom. The minimum absolute atomic E-state index is 0.503. The van der Waals surface area contributed by atoms with Gasteiger partial charge in [-0.1, -0.05) is 24.1 Å². The Hall–Kier alpha value is -0.870. The number of nitrogens with one attached hydrogen (secondary N) is 1. The highest BCUT2D eigenvalue weighted by Crippen LogP contribution is 2.43. The van der Waals surface area contributed by atoms with Gasteiger partial charge in [0, 0.05) is 6.54 Å². The Kier molecular flexibility index (Phi) is 3.52. The maximum Gasteiger partial charge on any atom is 0.185 e. The molecule has 4 heteroatoms. The summed E-state index contributed by atoms with van der Waals surface area (Å²) in [5.74, 6) is 0. The lowest BCUT2D eigenvalue weighted by Crippen LogP contribution is -2.52. The maximum atomic E-state index is 12.8. The number of benzene rings is 1. The van der Waals surface area contributed by atoms with Gasteiger partial charge in [-0.2, -0.15) is 0 Å². The molecule has 0 atom stereocenters. The number of hydrogen-bond donors (Lipinski definition) is 1. The summed E-state index contributed by atoms with van der Waals surface area (Å²) in [7, 11) is -1.42. The summed E-state index contributed by atoms with van der Waals surface area (Å²) >= 11 is 0. The Morgan fingerprint density at radius 3 is 2.39 bits per heavy atom. The molecular weight excluding hydrogens is 246 g/mol. The van der Waals surface area contributed by atoms with Crippen molar-refractivity contribution < 1.29 is 8.42 Å². The lowest BCUT2D eigenvalue weighted by atomic mass is 9.84. The fourth-order valence-corrected chi connectivity index (χ4v) is 5.12. The predicted octanol–water partition coefficient (Wildman–Crippen LogP) is 2.22. The average molecular weight is 267 g/mol. The van der Waals surface area contributed by atoms with Gasteiger partial charge in [-0.3, -0.25) is 0 Å². The van der Waals surface area contributed by atoms with Crippen LogP contribution in [-0.2, 0) is 9.84 Å². The van der Waals surface area contributed by atoms with Crippen molar-refractivity contribution >= 4 is 9.84 Å². The van der Waals surface area contributed by atoms with Gasteiger partial charge in [-0.25, -0.2) is 8.42 Å². The highest BCUT2D eigenvalue weighted by Gasteiger charge is 2.49. The van der Waals surface area contributed by atoms with Crippen molar-refractivity contribution in [2.24, 2.45) is 0 Å². The topological polar surface area (TPSA) is 46.2 Å². The molecule has 0 aromatic heterocycles. The van der Waals surface area contributed by atoms with Crippen LogP contribution in [-0.4, -0.2) is 26.8 Å². The largest absolute Gasteiger partial charge is 0.318 e. The lowest BCUT2D eigenvalue weighted by molar-refractivity contribution is 0.328. The molecule has 1 N–H and O–H groups in total. The molecular formula is C14H21NO2S. The maximum absolute atomic E-state index is 12.8. The van der Waals surface area contributed by atoms with Crippen LogP contribution in [0.3, 0.4) is 0 Å². The van der Waals surface area contributed by atoms with Crippen LogP contribution in [0, 0.1) is 13.8 Å². The van der Waals surface area contributed by atoms with Gasteiger partial charge < -0.3 is 5.32 Å². The van der Waals surface area contributed by atoms with Crippen molar-refractivity contribution in [3.05, 3.63) is 29.3 Å². The van der Waals surface area contributed by atoms with E-state index in [4.69, 9.17) is 0 Å². The highest BCUT2D eigenvalue weighted by molar-refractivity contribution is 7.93. The van der Waals surface area contributed by atoms with Crippen molar-refractivity contribution in [1.29, 1.82) is 0 Å². The van der Waals surface area contributed by atoms with E-state index in [-0.39, 0.29) is 0 Å². The van der Waals surface area contributed by atoms with Crippen molar-refractivity contribution in [2.45, 2.75) is 42.8 Å². The Labute approximate surface area is 110 Å². The first-order valence-electron chi connectivity index (χ1n) is 6.39. The molecule has 1 aromatic carbocycles. The predicted molar refractivity (Wildman–Crippen MR) is 73.6 cm³/mol. The third kappa shape index (κ3) is 1.97. The lowest BCUT2D eigenvalue weighted by Gasteiger charge is -2.41. The second-order valence-electron chi connectivity index (χ2n) is 5.34. The summed E-state index contributed by atoms with van der Waals surface area (Å²) in [6, 6.07) is 5.58. The van der Waals surface area contributed by atoms with E-state index in [1.54, 1.807) is 6.07 Å². The normalized spacial score (nSPS) is 18.4. The van der Waals surface area contributed by atoms with E-state index in [0.29, 0.717) is 11.4 Å². The first-order chi connectivity index (χ1) is 8.43. The van der Waals surface area contributed by atoms with Gasteiger partial charge in [0.15, 0.2) is 9.84 Å². The molecule has 0 unspecified atom stereocenters. The van der Waals surface area contributed by atoms with Gasteiger partial charge in [-0.15, -0.1) is 0 Å². The first kappa shape index (κ1) is 13.6. The molecule has 1 fully saturated rings. The molecule has 2 rings (SSSR count). The van der Waals surface area contributed by atoms with Crippen LogP contribution in [0.5, 0.6) is 0 Å². The van der Waals surface area contributed by atoms with E-state index in [1.165, 1.54) is 0 Å². The van der Waals surface area contributed by atoms with Gasteiger partial charge in [0.05, 0.1) is 9.64 Å². The summed E-state index contributed by atoms with van der Waals surface area (Å²) in [5.41, 5.74) is 1.96. The molecule has 0 aliphatic heterocycles. The summed E-state index contributed by atoms with van der Waals surface area (Å²) in [6.45, 7) is 4.41. The first-order valence-corrected chi connectivity index (χ1v) is 7.88. The van der Waals surface area contributed by atoms with Crippen LogP contribution in [0.4, 0.5) is 0 Å². The van der Waals surface area contributed by atoms with Gasteiger partial charge in [0.1, 0.15) is 0 Å². The molecule has 1 saturated carbocycles. The van der Waals surface area contributed by atoms with Crippen LogP contribution < -0.4 is 5.32 Å². The van der Waals surface area contributed by atoms with Crippen molar-refractivity contribution in [3.8, 4) is 0 Å². The highest BCUT2D eigenvalue weighted by atomic mass is 32.2. The SMILES string of the molecule is CNCC1(S(=O)(=O)c2ccc(C)cc2C)CCC1. The van der Waals surface area contributed by atoms with Gasteiger partial charge in [-0.05, 0) is 45.4 Å². The molecule has 18 heavy (non-hydrogen) atoms. The van der Waals surface area contributed by atoms with Gasteiger partial charge >= 0.3 is 0 Å². The zero-order chi connectivity index (χ0) is 13.4. The van der Waals surface area contributed by atoms with Gasteiger partial charge in [0.2, 0.25) is 0 Å². The third-order valence-electron chi connectivity index (χ3n) is 3.95. The second kappa shape index (κ2) is 4.67. The van der Waals surface area contributed by atoms with Crippen molar-refractivity contribution in [3.63, 3.8) is 0 Å². The standard InChI is InChI=1S/C14H21NO2S/c1-11-5-6-13(12(2)9-11)18(16,17)14(10-15-3)7-4-8-14/h5-6,9,15H,4,7-8,10H2,1-3H3. The van der Waals surface area contributed by atoms with Crippen LogP contribution in [0.25, 0.3) is 0 Å². The van der Waals surface area contributed by atoms with E-state index in [0.717, 1.165) is 30.4 Å². The minimum Gasteiger partial charge on any atom is -0.318 e. The van der Waals surface area contributed by atoms with E-state index in [9.17, 15) is 8.42 Å². The molecule has 0 bridgehead atoms. The van der Waals surface area contributed by atoms with Crippen LogP contribution in [0.1, 0.15) is 30.4 Å². The van der Waals surface area contributed by atoms with E-state index in [2.05, 4.69) is 5.32 Å². The fraction of sp³-hybridized carbons (Fsp3) is 0.571. The van der Waals surface area contributed by atoms with E-state index in [1.807, 2.05) is 33.0 Å². The molecule has 1 aliphatic carbocycles. The molecule has 0 radical (unpaired) electrons. The zero-order valence-electron chi connectivity index (χ0n) is 11.3. The molecule has 0 amide bonds. The summed E-state index contributed by atoms with van der Waals surface area (Å²) in [6.07, 6.45) is 2.54. The summed E-state index contributed by atoms with van der Waals surface area (Å²) < 4.78 is 25.1. The molecule has 3 nitrogen and oxygen atoms in total. The Morgan fingerprint density at radius 1 is 1.28 bits per heavy atom. The monoisotopic (exact) mass is 267 g/mol. The number of rotatable bonds is 4.